The maximum atomic E-state index is 12.5. The molecule has 0 radical (unpaired) electrons. The quantitative estimate of drug-likeness (QED) is 0.373. The van der Waals surface area contributed by atoms with Crippen LogP contribution >= 0.6 is 0 Å². The largest absolute Gasteiger partial charge is 0.500 e. The summed E-state index contributed by atoms with van der Waals surface area (Å²) in [6, 6.07) is 10.8. The number of nitro groups is 1. The number of hydrazine groups is 1. The summed E-state index contributed by atoms with van der Waals surface area (Å²) in [5.41, 5.74) is 2.28. The Kier molecular flexibility index (Phi) is 4.27. The van der Waals surface area contributed by atoms with Crippen LogP contribution in [-0.2, 0) is 9.59 Å². The minimum absolute atomic E-state index is 0.142. The average Bonchev–Trinajstić information content (AvgIpc) is 2.91. The topological polar surface area (TPSA) is 122 Å². The van der Waals surface area contributed by atoms with Gasteiger partial charge < -0.3 is 9.84 Å². The average molecular weight is 355 g/mol. The van der Waals surface area contributed by atoms with Gasteiger partial charge in [-0.25, -0.2) is 5.01 Å². The van der Waals surface area contributed by atoms with Crippen molar-refractivity contribution in [2.24, 2.45) is 0 Å². The Hall–Kier alpha value is -3.88. The summed E-state index contributed by atoms with van der Waals surface area (Å²) in [5, 5.41) is 21.9. The molecule has 9 nitrogen and oxygen atoms in total. The number of anilines is 1. The van der Waals surface area contributed by atoms with Crippen LogP contribution in [-0.4, -0.2) is 29.0 Å². The molecule has 9 heteroatoms. The van der Waals surface area contributed by atoms with E-state index in [-0.39, 0.29) is 16.9 Å². The Labute approximate surface area is 147 Å². The highest BCUT2D eigenvalue weighted by Crippen LogP contribution is 2.37. The summed E-state index contributed by atoms with van der Waals surface area (Å²) in [4.78, 5) is 35.0. The second-order valence-electron chi connectivity index (χ2n) is 5.32. The molecule has 1 saturated heterocycles. The van der Waals surface area contributed by atoms with Gasteiger partial charge in [0.2, 0.25) is 5.75 Å². The lowest BCUT2D eigenvalue weighted by molar-refractivity contribution is -0.386. The monoisotopic (exact) mass is 355 g/mol. The van der Waals surface area contributed by atoms with Crippen molar-refractivity contribution in [1.82, 2.24) is 5.43 Å². The first-order valence-corrected chi connectivity index (χ1v) is 7.40. The van der Waals surface area contributed by atoms with Crippen LogP contribution in [0.25, 0.3) is 6.08 Å². The van der Waals surface area contributed by atoms with E-state index in [1.54, 1.807) is 30.3 Å². The first kappa shape index (κ1) is 17.0. The molecule has 1 aliphatic heterocycles. The van der Waals surface area contributed by atoms with Crippen LogP contribution in [0.2, 0.25) is 0 Å². The fourth-order valence-electron chi connectivity index (χ4n) is 2.47. The van der Waals surface area contributed by atoms with Gasteiger partial charge in [0.25, 0.3) is 11.8 Å². The van der Waals surface area contributed by atoms with Crippen LogP contribution in [0.15, 0.2) is 48.0 Å². The minimum atomic E-state index is -0.785. The van der Waals surface area contributed by atoms with Crippen molar-refractivity contribution in [3.05, 3.63) is 63.7 Å². The van der Waals surface area contributed by atoms with Gasteiger partial charge in [-0.2, -0.15) is 0 Å². The number of benzene rings is 2. The third-order valence-electron chi connectivity index (χ3n) is 3.71. The molecule has 3 rings (SSSR count). The van der Waals surface area contributed by atoms with Crippen LogP contribution < -0.4 is 15.2 Å². The fourth-order valence-corrected chi connectivity index (χ4v) is 2.47. The molecule has 2 aromatic carbocycles. The Morgan fingerprint density at radius 1 is 1.23 bits per heavy atom. The zero-order chi connectivity index (χ0) is 18.8. The third kappa shape index (κ3) is 2.93. The molecule has 0 aliphatic carbocycles. The molecule has 2 N–H and O–H groups in total. The SMILES string of the molecule is COc1cc(/C=C2\C(=O)NN(c3ccccc3)C2=O)cc([N+](=O)[O-])c1O. The second kappa shape index (κ2) is 6.55. The van der Waals surface area contributed by atoms with Crippen LogP contribution in [0, 0.1) is 10.1 Å². The van der Waals surface area contributed by atoms with E-state index in [9.17, 15) is 24.8 Å². The molecular formula is C17H13N3O6. The second-order valence-corrected chi connectivity index (χ2v) is 5.32. The van der Waals surface area contributed by atoms with Gasteiger partial charge in [0.1, 0.15) is 5.57 Å². The number of hydrogen-bond acceptors (Lipinski definition) is 6. The third-order valence-corrected chi connectivity index (χ3v) is 3.71. The van der Waals surface area contributed by atoms with E-state index in [1.807, 2.05) is 0 Å². The lowest BCUT2D eigenvalue weighted by Crippen LogP contribution is -2.35. The number of nitrogens with one attached hydrogen (secondary N) is 1. The van der Waals surface area contributed by atoms with Gasteiger partial charge in [0.05, 0.1) is 17.7 Å². The number of ether oxygens (including phenoxy) is 1. The number of nitro benzene ring substituents is 1. The molecule has 0 aromatic heterocycles. The molecule has 0 unspecified atom stereocenters. The molecule has 2 amide bonds. The van der Waals surface area contributed by atoms with E-state index in [2.05, 4.69) is 5.43 Å². The zero-order valence-corrected chi connectivity index (χ0v) is 13.5. The van der Waals surface area contributed by atoms with Gasteiger partial charge in [-0.05, 0) is 29.8 Å². The van der Waals surface area contributed by atoms with Gasteiger partial charge in [-0.3, -0.25) is 25.1 Å². The number of carbonyl (C=O) groups is 2. The fraction of sp³-hybridized carbons (Fsp3) is 0.0588. The lowest BCUT2D eigenvalue weighted by atomic mass is 10.1. The molecular weight excluding hydrogens is 342 g/mol. The molecule has 0 saturated carbocycles. The number of amides is 2. The van der Waals surface area contributed by atoms with Gasteiger partial charge in [0, 0.05) is 6.07 Å². The number of hydrogen-bond donors (Lipinski definition) is 2. The van der Waals surface area contributed by atoms with E-state index in [1.165, 1.54) is 19.3 Å². The predicted octanol–water partition coefficient (Wildman–Crippen LogP) is 1.77. The molecule has 1 aliphatic rings. The molecule has 0 spiro atoms. The number of para-hydroxylation sites is 1. The molecule has 1 fully saturated rings. The van der Waals surface area contributed by atoms with Gasteiger partial charge in [-0.1, -0.05) is 18.2 Å². The molecule has 0 bridgehead atoms. The predicted molar refractivity (Wildman–Crippen MR) is 91.4 cm³/mol. The van der Waals surface area contributed by atoms with Crippen molar-refractivity contribution in [3.63, 3.8) is 0 Å². The highest BCUT2D eigenvalue weighted by molar-refractivity contribution is 6.31. The van der Waals surface area contributed by atoms with E-state index in [0.717, 1.165) is 11.1 Å². The van der Waals surface area contributed by atoms with Gasteiger partial charge in [-0.15, -0.1) is 0 Å². The van der Waals surface area contributed by atoms with Crippen molar-refractivity contribution < 1.29 is 24.4 Å². The minimum Gasteiger partial charge on any atom is -0.500 e. The van der Waals surface area contributed by atoms with Crippen molar-refractivity contribution in [1.29, 1.82) is 0 Å². The van der Waals surface area contributed by atoms with Crippen molar-refractivity contribution in [2.75, 3.05) is 12.1 Å². The number of phenols is 1. The molecule has 0 atom stereocenters. The Balaban J connectivity index is 2.02. The normalized spacial score (nSPS) is 15.3. The number of carbonyl (C=O) groups excluding carboxylic acids is 2. The van der Waals surface area contributed by atoms with E-state index < -0.39 is 28.2 Å². The van der Waals surface area contributed by atoms with Crippen molar-refractivity contribution >= 4 is 29.3 Å². The Morgan fingerprint density at radius 3 is 2.54 bits per heavy atom. The number of phenolic OH excluding ortho intramolecular Hbond substituents is 1. The highest BCUT2D eigenvalue weighted by Gasteiger charge is 2.34. The first-order chi connectivity index (χ1) is 12.4. The van der Waals surface area contributed by atoms with Crippen LogP contribution in [0.3, 0.4) is 0 Å². The summed E-state index contributed by atoms with van der Waals surface area (Å²) in [5.74, 6) is -2.02. The maximum Gasteiger partial charge on any atom is 0.315 e. The first-order valence-electron chi connectivity index (χ1n) is 7.40. The summed E-state index contributed by atoms with van der Waals surface area (Å²) in [6.45, 7) is 0. The Morgan fingerprint density at radius 2 is 1.92 bits per heavy atom. The summed E-state index contributed by atoms with van der Waals surface area (Å²) < 4.78 is 4.91. The smallest absolute Gasteiger partial charge is 0.315 e. The summed E-state index contributed by atoms with van der Waals surface area (Å²) in [7, 11) is 1.24. The number of nitrogens with zero attached hydrogens (tertiary/aromatic N) is 2. The van der Waals surface area contributed by atoms with Crippen LogP contribution in [0.5, 0.6) is 11.5 Å². The van der Waals surface area contributed by atoms with Crippen molar-refractivity contribution in [3.8, 4) is 11.5 Å². The molecule has 1 heterocycles. The van der Waals surface area contributed by atoms with Crippen LogP contribution in [0.1, 0.15) is 5.56 Å². The zero-order valence-electron chi connectivity index (χ0n) is 13.5. The molecule has 132 valence electrons. The lowest BCUT2D eigenvalue weighted by Gasteiger charge is -2.13. The molecule has 26 heavy (non-hydrogen) atoms. The standard InChI is InChI=1S/C17H13N3O6/c1-26-14-9-10(8-13(15(14)21)20(24)25)7-12-16(22)18-19(17(12)23)11-5-3-2-4-6-11/h2-9,21H,1H3,(H,18,22)/b12-7+. The van der Waals surface area contributed by atoms with Gasteiger partial charge >= 0.3 is 5.69 Å². The van der Waals surface area contributed by atoms with E-state index >= 15 is 0 Å². The summed E-state index contributed by atoms with van der Waals surface area (Å²) >= 11 is 0. The highest BCUT2D eigenvalue weighted by atomic mass is 16.6. The van der Waals surface area contributed by atoms with Crippen LogP contribution in [0.4, 0.5) is 11.4 Å². The molecule has 2 aromatic rings. The maximum absolute atomic E-state index is 12.5. The van der Waals surface area contributed by atoms with Crippen molar-refractivity contribution in [2.45, 2.75) is 0 Å². The number of methoxy groups -OCH3 is 1. The number of rotatable bonds is 4. The van der Waals surface area contributed by atoms with E-state index in [0.29, 0.717) is 5.69 Å². The number of aromatic hydroxyl groups is 1. The van der Waals surface area contributed by atoms with Gasteiger partial charge in [0.15, 0.2) is 5.75 Å². The van der Waals surface area contributed by atoms with E-state index in [4.69, 9.17) is 4.74 Å². The Bertz CT molecular complexity index is 939. The summed E-state index contributed by atoms with van der Waals surface area (Å²) in [6.07, 6.45) is 1.20.